The van der Waals surface area contributed by atoms with E-state index < -0.39 is 0 Å². The van der Waals surface area contributed by atoms with Crippen LogP contribution in [-0.4, -0.2) is 54.0 Å². The number of carbonyl (C=O) groups excluding carboxylic acids is 1. The molecule has 0 aliphatic carbocycles. The van der Waals surface area contributed by atoms with Gasteiger partial charge in [-0.3, -0.25) is 9.59 Å². The molecule has 1 aromatic heterocycles. The highest BCUT2D eigenvalue weighted by molar-refractivity contribution is 5.95. The molecule has 0 saturated carbocycles. The van der Waals surface area contributed by atoms with Crippen molar-refractivity contribution in [2.45, 2.75) is 0 Å². The van der Waals surface area contributed by atoms with E-state index in [2.05, 4.69) is 10.4 Å². The van der Waals surface area contributed by atoms with Crippen LogP contribution in [0.2, 0.25) is 0 Å². The second kappa shape index (κ2) is 9.52. The molecule has 3 aromatic rings. The highest BCUT2D eigenvalue weighted by Gasteiger charge is 2.19. The molecule has 0 atom stereocenters. The van der Waals surface area contributed by atoms with Crippen LogP contribution in [0.25, 0.3) is 0 Å². The zero-order valence-corrected chi connectivity index (χ0v) is 17.9. The van der Waals surface area contributed by atoms with E-state index in [1.54, 1.807) is 61.5 Å². The molecule has 2 aromatic carbocycles. The summed E-state index contributed by atoms with van der Waals surface area (Å²) < 4.78 is 17.8. The monoisotopic (exact) mass is 436 g/mol. The SMILES string of the molecule is COc1ccccc1Oc1cnn(C)c(=O)c1Nc1cccc(C(=O)N2CCOCC2)c1. The number of methoxy groups -OCH3 is 1. The summed E-state index contributed by atoms with van der Waals surface area (Å²) in [7, 11) is 3.10. The van der Waals surface area contributed by atoms with Crippen LogP contribution in [0.4, 0.5) is 11.4 Å². The van der Waals surface area contributed by atoms with Crippen LogP contribution in [0, 0.1) is 0 Å². The molecule has 1 fully saturated rings. The number of aromatic nitrogens is 2. The van der Waals surface area contributed by atoms with Gasteiger partial charge in [-0.1, -0.05) is 18.2 Å². The Kier molecular flexibility index (Phi) is 6.37. The molecule has 0 bridgehead atoms. The fourth-order valence-electron chi connectivity index (χ4n) is 3.36. The maximum atomic E-state index is 12.8. The Labute approximate surface area is 185 Å². The van der Waals surface area contributed by atoms with Crippen molar-refractivity contribution >= 4 is 17.3 Å². The summed E-state index contributed by atoms with van der Waals surface area (Å²) in [6.45, 7) is 2.16. The molecule has 1 aliphatic heterocycles. The molecule has 0 spiro atoms. The smallest absolute Gasteiger partial charge is 0.294 e. The van der Waals surface area contributed by atoms with Crippen molar-refractivity contribution in [1.29, 1.82) is 0 Å². The number of ether oxygens (including phenoxy) is 3. The average Bonchev–Trinajstić information content (AvgIpc) is 2.84. The van der Waals surface area contributed by atoms with E-state index in [9.17, 15) is 9.59 Å². The highest BCUT2D eigenvalue weighted by atomic mass is 16.5. The molecule has 0 radical (unpaired) electrons. The van der Waals surface area contributed by atoms with Gasteiger partial charge in [0.15, 0.2) is 22.9 Å². The number of benzene rings is 2. The first-order valence-electron chi connectivity index (χ1n) is 10.2. The summed E-state index contributed by atoms with van der Waals surface area (Å²) in [5, 5.41) is 7.17. The van der Waals surface area contributed by atoms with Gasteiger partial charge in [0.1, 0.15) is 0 Å². The number of rotatable bonds is 6. The van der Waals surface area contributed by atoms with E-state index in [-0.39, 0.29) is 22.9 Å². The van der Waals surface area contributed by atoms with Crippen LogP contribution in [0.3, 0.4) is 0 Å². The lowest BCUT2D eigenvalue weighted by Crippen LogP contribution is -2.40. The van der Waals surface area contributed by atoms with Crippen LogP contribution >= 0.6 is 0 Å². The third-order valence-corrected chi connectivity index (χ3v) is 5.07. The number of carbonyl (C=O) groups is 1. The number of aryl methyl sites for hydroxylation is 1. The van der Waals surface area contributed by atoms with Crippen LogP contribution < -0.4 is 20.3 Å². The Hall–Kier alpha value is -3.85. The molecule has 9 heteroatoms. The maximum absolute atomic E-state index is 12.8. The second-order valence-corrected chi connectivity index (χ2v) is 7.18. The van der Waals surface area contributed by atoms with Gasteiger partial charge in [-0.2, -0.15) is 5.10 Å². The minimum absolute atomic E-state index is 0.0786. The molecule has 1 saturated heterocycles. The van der Waals surface area contributed by atoms with Crippen LogP contribution in [0.15, 0.2) is 59.5 Å². The van der Waals surface area contributed by atoms with E-state index in [1.807, 2.05) is 6.07 Å². The van der Waals surface area contributed by atoms with Gasteiger partial charge in [-0.05, 0) is 30.3 Å². The normalized spacial score (nSPS) is 13.5. The summed E-state index contributed by atoms with van der Waals surface area (Å²) in [5.41, 5.74) is 0.930. The van der Waals surface area contributed by atoms with Crippen LogP contribution in [0.1, 0.15) is 10.4 Å². The van der Waals surface area contributed by atoms with E-state index in [0.29, 0.717) is 49.1 Å². The summed E-state index contributed by atoms with van der Waals surface area (Å²) >= 11 is 0. The standard InChI is InChI=1S/C23H24N4O5/c1-26-23(29)21(20(15-24-26)32-19-9-4-3-8-18(19)30-2)25-17-7-5-6-16(14-17)22(28)27-10-12-31-13-11-27/h3-9,14-15,25H,10-13H2,1-2H3. The predicted molar refractivity (Wildman–Crippen MR) is 119 cm³/mol. The molecule has 0 unspecified atom stereocenters. The summed E-state index contributed by atoms with van der Waals surface area (Å²) in [5.74, 6) is 1.13. The van der Waals surface area contributed by atoms with Crippen molar-refractivity contribution < 1.29 is 19.0 Å². The van der Waals surface area contributed by atoms with Gasteiger partial charge in [-0.25, -0.2) is 4.68 Å². The minimum atomic E-state index is -0.373. The minimum Gasteiger partial charge on any atom is -0.493 e. The van der Waals surface area contributed by atoms with Crippen molar-refractivity contribution in [3.05, 3.63) is 70.6 Å². The fraction of sp³-hybridized carbons (Fsp3) is 0.261. The first kappa shape index (κ1) is 21.4. The van der Waals surface area contributed by atoms with Gasteiger partial charge in [0.2, 0.25) is 0 Å². The predicted octanol–water partition coefficient (Wildman–Crippen LogP) is 2.80. The topological polar surface area (TPSA) is 94.9 Å². The first-order valence-corrected chi connectivity index (χ1v) is 10.2. The number of nitrogens with one attached hydrogen (secondary N) is 1. The zero-order valence-electron chi connectivity index (χ0n) is 17.9. The van der Waals surface area contributed by atoms with Gasteiger partial charge in [-0.15, -0.1) is 0 Å². The number of para-hydroxylation sites is 2. The molecule has 2 heterocycles. The van der Waals surface area contributed by atoms with Gasteiger partial charge >= 0.3 is 0 Å². The van der Waals surface area contributed by atoms with Gasteiger partial charge in [0, 0.05) is 31.4 Å². The lowest BCUT2D eigenvalue weighted by molar-refractivity contribution is 0.0303. The number of morpholine rings is 1. The van der Waals surface area contributed by atoms with Gasteiger partial charge < -0.3 is 24.4 Å². The number of hydrogen-bond donors (Lipinski definition) is 1. The van der Waals surface area contributed by atoms with Crippen molar-refractivity contribution in [1.82, 2.24) is 14.7 Å². The number of nitrogens with zero attached hydrogens (tertiary/aromatic N) is 3. The Morgan fingerprint density at radius 2 is 1.81 bits per heavy atom. The summed E-state index contributed by atoms with van der Waals surface area (Å²) in [6, 6.07) is 14.1. The van der Waals surface area contributed by atoms with Crippen molar-refractivity contribution in [3.8, 4) is 17.2 Å². The Morgan fingerprint density at radius 3 is 2.56 bits per heavy atom. The number of anilines is 2. The zero-order chi connectivity index (χ0) is 22.5. The van der Waals surface area contributed by atoms with E-state index in [0.717, 1.165) is 0 Å². The third kappa shape index (κ3) is 4.57. The van der Waals surface area contributed by atoms with Crippen molar-refractivity contribution in [2.24, 2.45) is 7.05 Å². The Morgan fingerprint density at radius 1 is 1.06 bits per heavy atom. The first-order chi connectivity index (χ1) is 15.6. The van der Waals surface area contributed by atoms with Crippen molar-refractivity contribution in [3.63, 3.8) is 0 Å². The molecular weight excluding hydrogens is 412 g/mol. The third-order valence-electron chi connectivity index (χ3n) is 5.07. The summed E-state index contributed by atoms with van der Waals surface area (Å²) in [6.07, 6.45) is 1.46. The fourth-order valence-corrected chi connectivity index (χ4v) is 3.36. The second-order valence-electron chi connectivity index (χ2n) is 7.18. The van der Waals surface area contributed by atoms with E-state index >= 15 is 0 Å². The highest BCUT2D eigenvalue weighted by Crippen LogP contribution is 2.34. The molecule has 1 aliphatic rings. The van der Waals surface area contributed by atoms with Crippen LogP contribution in [-0.2, 0) is 11.8 Å². The molecule has 1 amide bonds. The van der Waals surface area contributed by atoms with Crippen molar-refractivity contribution in [2.75, 3.05) is 38.7 Å². The van der Waals surface area contributed by atoms with E-state index in [4.69, 9.17) is 14.2 Å². The van der Waals surface area contributed by atoms with E-state index in [1.165, 1.54) is 10.9 Å². The maximum Gasteiger partial charge on any atom is 0.294 e. The average molecular weight is 436 g/mol. The number of hydrogen-bond acceptors (Lipinski definition) is 7. The van der Waals surface area contributed by atoms with Gasteiger partial charge in [0.25, 0.3) is 11.5 Å². The quantitative estimate of drug-likeness (QED) is 0.635. The molecule has 4 rings (SSSR count). The molecule has 9 nitrogen and oxygen atoms in total. The van der Waals surface area contributed by atoms with Gasteiger partial charge in [0.05, 0.1) is 26.5 Å². The van der Waals surface area contributed by atoms with Crippen LogP contribution in [0.5, 0.6) is 17.2 Å². The molecule has 166 valence electrons. The lowest BCUT2D eigenvalue weighted by atomic mass is 10.1. The Bertz CT molecular complexity index is 1170. The largest absolute Gasteiger partial charge is 0.493 e. The molecular formula is C23H24N4O5. The molecule has 32 heavy (non-hydrogen) atoms. The molecule has 1 N–H and O–H groups in total. The lowest BCUT2D eigenvalue weighted by Gasteiger charge is -2.27. The summed E-state index contributed by atoms with van der Waals surface area (Å²) in [4.78, 5) is 27.4. The Balaban J connectivity index is 1.63. The number of amides is 1.